The van der Waals surface area contributed by atoms with Gasteiger partial charge in [0.25, 0.3) is 0 Å². The molecule has 0 aromatic heterocycles. The first kappa shape index (κ1) is 10.7. The Hall–Kier alpha value is -0.860. The van der Waals surface area contributed by atoms with E-state index in [1.165, 1.54) is 11.1 Å². The van der Waals surface area contributed by atoms with Gasteiger partial charge in [0.15, 0.2) is 0 Å². The first-order chi connectivity index (χ1) is 7.18. The van der Waals surface area contributed by atoms with Gasteiger partial charge in [0.2, 0.25) is 0 Å². The Morgan fingerprint density at radius 3 is 2.93 bits per heavy atom. The van der Waals surface area contributed by atoms with E-state index in [1.54, 1.807) is 0 Å². The molecule has 0 aliphatic carbocycles. The number of nitrogens with zero attached hydrogens (tertiary/aromatic N) is 1. The minimum atomic E-state index is 0.262. The first-order valence-corrected chi connectivity index (χ1v) is 5.76. The Bertz CT molecular complexity index is 333. The molecule has 1 aromatic carbocycles. The summed E-state index contributed by atoms with van der Waals surface area (Å²) >= 11 is 0. The number of benzene rings is 1. The molecule has 2 unspecified atom stereocenters. The van der Waals surface area contributed by atoms with Gasteiger partial charge in [-0.05, 0) is 31.4 Å². The van der Waals surface area contributed by atoms with E-state index >= 15 is 0 Å². The highest BCUT2D eigenvalue weighted by atomic mass is 15.2. The van der Waals surface area contributed by atoms with Gasteiger partial charge in [0.05, 0.1) is 0 Å². The van der Waals surface area contributed by atoms with Crippen LogP contribution in [0.5, 0.6) is 0 Å². The Balaban J connectivity index is 2.18. The van der Waals surface area contributed by atoms with Gasteiger partial charge in [0, 0.05) is 25.2 Å². The van der Waals surface area contributed by atoms with Crippen molar-refractivity contribution in [2.75, 3.05) is 13.1 Å². The predicted molar refractivity (Wildman–Crippen MR) is 63.8 cm³/mol. The molecule has 0 radical (unpaired) electrons. The molecule has 2 atom stereocenters. The zero-order valence-electron chi connectivity index (χ0n) is 9.61. The lowest BCUT2D eigenvalue weighted by atomic mass is 9.93. The summed E-state index contributed by atoms with van der Waals surface area (Å²) in [6, 6.07) is 9.53. The maximum absolute atomic E-state index is 5.86. The summed E-state index contributed by atoms with van der Waals surface area (Å²) in [6.07, 6.45) is 1.16. The second kappa shape index (κ2) is 4.33. The third-order valence-electron chi connectivity index (χ3n) is 3.24. The molecule has 0 saturated carbocycles. The summed E-state index contributed by atoms with van der Waals surface area (Å²) in [6.45, 7) is 6.49. The first-order valence-electron chi connectivity index (χ1n) is 5.76. The SMILES string of the molecule is CC(N)CN1CCc2ccccc2C1C. The van der Waals surface area contributed by atoms with Crippen LogP contribution in [0.25, 0.3) is 0 Å². The highest BCUT2D eigenvalue weighted by molar-refractivity contribution is 5.32. The lowest BCUT2D eigenvalue weighted by Crippen LogP contribution is -2.41. The van der Waals surface area contributed by atoms with E-state index in [-0.39, 0.29) is 6.04 Å². The van der Waals surface area contributed by atoms with Gasteiger partial charge in [0.1, 0.15) is 0 Å². The second-order valence-corrected chi connectivity index (χ2v) is 4.60. The zero-order valence-corrected chi connectivity index (χ0v) is 9.61. The molecule has 0 bridgehead atoms. The molecule has 1 aromatic rings. The van der Waals surface area contributed by atoms with Crippen LogP contribution in [-0.2, 0) is 6.42 Å². The Morgan fingerprint density at radius 1 is 1.47 bits per heavy atom. The Morgan fingerprint density at radius 2 is 2.20 bits per heavy atom. The molecule has 0 saturated heterocycles. The largest absolute Gasteiger partial charge is 0.327 e. The molecule has 1 aliphatic heterocycles. The predicted octanol–water partition coefficient (Wildman–Crippen LogP) is 1.95. The molecule has 82 valence electrons. The van der Waals surface area contributed by atoms with Crippen LogP contribution in [0.2, 0.25) is 0 Å². The molecule has 15 heavy (non-hydrogen) atoms. The third kappa shape index (κ3) is 2.21. The fraction of sp³-hybridized carbons (Fsp3) is 0.538. The van der Waals surface area contributed by atoms with Gasteiger partial charge in [-0.3, -0.25) is 4.90 Å². The minimum absolute atomic E-state index is 0.262. The van der Waals surface area contributed by atoms with Crippen molar-refractivity contribution < 1.29 is 0 Å². The van der Waals surface area contributed by atoms with Crippen molar-refractivity contribution in [3.05, 3.63) is 35.4 Å². The molecule has 2 N–H and O–H groups in total. The van der Waals surface area contributed by atoms with E-state index in [4.69, 9.17) is 5.73 Å². The van der Waals surface area contributed by atoms with E-state index in [2.05, 4.69) is 43.0 Å². The lowest BCUT2D eigenvalue weighted by Gasteiger charge is -2.36. The van der Waals surface area contributed by atoms with Crippen LogP contribution in [0.3, 0.4) is 0 Å². The van der Waals surface area contributed by atoms with E-state index in [0.717, 1.165) is 19.5 Å². The summed E-state index contributed by atoms with van der Waals surface area (Å²) in [7, 11) is 0. The van der Waals surface area contributed by atoms with Crippen LogP contribution >= 0.6 is 0 Å². The van der Waals surface area contributed by atoms with Gasteiger partial charge in [-0.2, -0.15) is 0 Å². The average molecular weight is 204 g/mol. The molecule has 1 heterocycles. The van der Waals surface area contributed by atoms with Crippen molar-refractivity contribution >= 4 is 0 Å². The van der Waals surface area contributed by atoms with Gasteiger partial charge in [-0.1, -0.05) is 24.3 Å². The Labute approximate surface area is 92.1 Å². The fourth-order valence-electron chi connectivity index (χ4n) is 2.44. The van der Waals surface area contributed by atoms with Crippen molar-refractivity contribution in [2.24, 2.45) is 5.73 Å². The number of hydrogen-bond donors (Lipinski definition) is 1. The van der Waals surface area contributed by atoms with Crippen LogP contribution in [0.4, 0.5) is 0 Å². The summed E-state index contributed by atoms with van der Waals surface area (Å²) in [4.78, 5) is 2.48. The molecule has 0 fully saturated rings. The van der Waals surface area contributed by atoms with Crippen LogP contribution in [0.15, 0.2) is 24.3 Å². The fourth-order valence-corrected chi connectivity index (χ4v) is 2.44. The number of rotatable bonds is 2. The van der Waals surface area contributed by atoms with Crippen molar-refractivity contribution in [3.63, 3.8) is 0 Å². The van der Waals surface area contributed by atoms with Gasteiger partial charge >= 0.3 is 0 Å². The smallest absolute Gasteiger partial charge is 0.0323 e. The standard InChI is InChI=1S/C13H20N2/c1-10(14)9-15-8-7-12-5-3-4-6-13(12)11(15)2/h3-6,10-11H,7-9,14H2,1-2H3. The molecule has 0 spiro atoms. The van der Waals surface area contributed by atoms with Crippen LogP contribution in [0.1, 0.15) is 31.0 Å². The van der Waals surface area contributed by atoms with E-state index in [9.17, 15) is 0 Å². The normalized spacial score (nSPS) is 23.5. The molecular weight excluding hydrogens is 184 g/mol. The van der Waals surface area contributed by atoms with E-state index < -0.39 is 0 Å². The molecule has 2 rings (SSSR count). The minimum Gasteiger partial charge on any atom is -0.327 e. The summed E-state index contributed by atoms with van der Waals surface area (Å²) in [5.41, 5.74) is 8.85. The molecule has 1 aliphatic rings. The molecular formula is C13H20N2. The zero-order chi connectivity index (χ0) is 10.8. The van der Waals surface area contributed by atoms with Crippen LogP contribution < -0.4 is 5.73 Å². The van der Waals surface area contributed by atoms with Gasteiger partial charge < -0.3 is 5.73 Å². The van der Waals surface area contributed by atoms with E-state index in [0.29, 0.717) is 6.04 Å². The van der Waals surface area contributed by atoms with Crippen molar-refractivity contribution in [3.8, 4) is 0 Å². The highest BCUT2D eigenvalue weighted by Gasteiger charge is 2.23. The second-order valence-electron chi connectivity index (χ2n) is 4.60. The monoisotopic (exact) mass is 204 g/mol. The van der Waals surface area contributed by atoms with Crippen LogP contribution in [-0.4, -0.2) is 24.0 Å². The average Bonchev–Trinajstić information content (AvgIpc) is 2.22. The number of hydrogen-bond acceptors (Lipinski definition) is 2. The lowest BCUT2D eigenvalue weighted by molar-refractivity contribution is 0.190. The molecule has 2 nitrogen and oxygen atoms in total. The number of nitrogens with two attached hydrogens (primary N) is 1. The van der Waals surface area contributed by atoms with Gasteiger partial charge in [-0.25, -0.2) is 0 Å². The van der Waals surface area contributed by atoms with E-state index in [1.807, 2.05) is 0 Å². The molecule has 0 amide bonds. The third-order valence-corrected chi connectivity index (χ3v) is 3.24. The Kier molecular flexibility index (Phi) is 3.08. The maximum Gasteiger partial charge on any atom is 0.0323 e. The van der Waals surface area contributed by atoms with Crippen molar-refractivity contribution in [1.82, 2.24) is 4.90 Å². The van der Waals surface area contributed by atoms with Crippen LogP contribution in [0, 0.1) is 0 Å². The maximum atomic E-state index is 5.86. The number of fused-ring (bicyclic) bond motifs is 1. The molecule has 2 heteroatoms. The highest BCUT2D eigenvalue weighted by Crippen LogP contribution is 2.28. The summed E-state index contributed by atoms with van der Waals surface area (Å²) in [5, 5.41) is 0. The van der Waals surface area contributed by atoms with Gasteiger partial charge in [-0.15, -0.1) is 0 Å². The van der Waals surface area contributed by atoms with Crippen molar-refractivity contribution in [1.29, 1.82) is 0 Å². The summed E-state index contributed by atoms with van der Waals surface area (Å²) in [5.74, 6) is 0. The summed E-state index contributed by atoms with van der Waals surface area (Å²) < 4.78 is 0. The topological polar surface area (TPSA) is 29.3 Å². The quantitative estimate of drug-likeness (QED) is 0.798. The van der Waals surface area contributed by atoms with Crippen molar-refractivity contribution in [2.45, 2.75) is 32.4 Å².